The van der Waals surface area contributed by atoms with E-state index in [1.165, 1.54) is 4.88 Å². The van der Waals surface area contributed by atoms with Crippen molar-refractivity contribution in [1.29, 1.82) is 0 Å². The summed E-state index contributed by atoms with van der Waals surface area (Å²) in [6.07, 6.45) is 11.7. The number of nitrogens with one attached hydrogen (secondary N) is 2. The topological polar surface area (TPSA) is 57.4 Å². The molecule has 4 aromatic heterocycles. The van der Waals surface area contributed by atoms with Gasteiger partial charge in [-0.25, -0.2) is 4.98 Å². The fourth-order valence-electron chi connectivity index (χ4n) is 3.97. The predicted molar refractivity (Wildman–Crippen MR) is 138 cm³/mol. The van der Waals surface area contributed by atoms with E-state index in [1.54, 1.807) is 17.4 Å². The van der Waals surface area contributed by atoms with Crippen LogP contribution in [0, 0.1) is 6.92 Å². The standard InChI is InChI=1S/C27H26N4S/c1-6-10-17(4)20(8-3)19-14-23-26(30-31-27(23)28-16-19)24-15-22(18(5)29-24)21(11-7-2)25-12-9-13-32-25/h6-16,29H,1-2H2,3-5H3,(H,28,30,31)/b17-10-,20-8+,21-11+. The molecule has 0 aliphatic heterocycles. The lowest BCUT2D eigenvalue weighted by atomic mass is 9.98. The highest BCUT2D eigenvalue weighted by Crippen LogP contribution is 2.35. The smallest absolute Gasteiger partial charge is 0.181 e. The molecular formula is C27H26N4S. The molecule has 0 aliphatic carbocycles. The molecule has 0 saturated heterocycles. The Balaban J connectivity index is 1.82. The van der Waals surface area contributed by atoms with Gasteiger partial charge < -0.3 is 4.98 Å². The molecule has 2 N–H and O–H groups in total. The summed E-state index contributed by atoms with van der Waals surface area (Å²) in [5, 5.41) is 10.7. The minimum atomic E-state index is 0.693. The van der Waals surface area contributed by atoms with E-state index in [-0.39, 0.29) is 0 Å². The number of aromatic amines is 2. The van der Waals surface area contributed by atoms with Crippen molar-refractivity contribution in [3.05, 3.63) is 107 Å². The van der Waals surface area contributed by atoms with Crippen LogP contribution in [-0.4, -0.2) is 20.2 Å². The minimum Gasteiger partial charge on any atom is -0.357 e. The van der Waals surface area contributed by atoms with Gasteiger partial charge in [0.15, 0.2) is 5.65 Å². The van der Waals surface area contributed by atoms with Gasteiger partial charge in [0.25, 0.3) is 0 Å². The van der Waals surface area contributed by atoms with E-state index in [2.05, 4.69) is 89.0 Å². The van der Waals surface area contributed by atoms with Gasteiger partial charge in [0.05, 0.1) is 11.4 Å². The molecule has 4 heterocycles. The lowest BCUT2D eigenvalue weighted by Crippen LogP contribution is -1.89. The van der Waals surface area contributed by atoms with E-state index < -0.39 is 0 Å². The van der Waals surface area contributed by atoms with Crippen LogP contribution in [0.4, 0.5) is 0 Å². The molecule has 0 unspecified atom stereocenters. The van der Waals surface area contributed by atoms with Crippen LogP contribution in [0.5, 0.6) is 0 Å². The molecule has 0 spiro atoms. The number of fused-ring (bicyclic) bond motifs is 1. The summed E-state index contributed by atoms with van der Waals surface area (Å²) < 4.78 is 0. The summed E-state index contributed by atoms with van der Waals surface area (Å²) in [7, 11) is 0. The van der Waals surface area contributed by atoms with Crippen LogP contribution in [0.15, 0.2) is 85.0 Å². The van der Waals surface area contributed by atoms with Gasteiger partial charge >= 0.3 is 0 Å². The second-order valence-electron chi connectivity index (χ2n) is 7.50. The summed E-state index contributed by atoms with van der Waals surface area (Å²) in [4.78, 5) is 9.34. The minimum absolute atomic E-state index is 0.693. The highest BCUT2D eigenvalue weighted by Gasteiger charge is 2.17. The number of H-pyrrole nitrogens is 2. The number of aryl methyl sites for hydroxylation is 1. The SMILES string of the molecule is C=C/C=C(C)\C(=C/C)c1cnc2n[nH]c(-c3cc(/C(=C\C=C)c4cccs4)c(C)[nH]3)c2c1. The highest BCUT2D eigenvalue weighted by molar-refractivity contribution is 7.11. The van der Waals surface area contributed by atoms with Gasteiger partial charge in [-0.3, -0.25) is 5.10 Å². The molecular weight excluding hydrogens is 412 g/mol. The molecule has 0 radical (unpaired) electrons. The van der Waals surface area contributed by atoms with Gasteiger partial charge in [-0.05, 0) is 55.5 Å². The zero-order valence-electron chi connectivity index (χ0n) is 18.6. The third-order valence-electron chi connectivity index (χ3n) is 5.45. The molecule has 0 saturated carbocycles. The predicted octanol–water partition coefficient (Wildman–Crippen LogP) is 7.48. The molecule has 0 atom stereocenters. The van der Waals surface area contributed by atoms with Crippen LogP contribution in [0.1, 0.15) is 35.5 Å². The number of nitrogens with zero attached hydrogens (tertiary/aromatic N) is 2. The fourth-order valence-corrected chi connectivity index (χ4v) is 4.73. The van der Waals surface area contributed by atoms with Crippen LogP contribution >= 0.6 is 11.3 Å². The molecule has 5 heteroatoms. The quantitative estimate of drug-likeness (QED) is 0.294. The Morgan fingerprint density at radius 3 is 2.66 bits per heavy atom. The van der Waals surface area contributed by atoms with Crippen molar-refractivity contribution in [1.82, 2.24) is 20.2 Å². The Morgan fingerprint density at radius 2 is 1.97 bits per heavy atom. The molecule has 4 aromatic rings. The molecule has 4 nitrogen and oxygen atoms in total. The third-order valence-corrected chi connectivity index (χ3v) is 6.35. The van der Waals surface area contributed by atoms with E-state index in [4.69, 9.17) is 0 Å². The van der Waals surface area contributed by atoms with Gasteiger partial charge in [0, 0.05) is 38.9 Å². The number of rotatable bonds is 7. The van der Waals surface area contributed by atoms with Crippen molar-refractivity contribution in [2.45, 2.75) is 20.8 Å². The average Bonchev–Trinajstić information content (AvgIpc) is 3.52. The van der Waals surface area contributed by atoms with E-state index in [0.29, 0.717) is 5.65 Å². The van der Waals surface area contributed by atoms with Crippen LogP contribution in [0.3, 0.4) is 0 Å². The first-order valence-electron chi connectivity index (χ1n) is 10.4. The molecule has 4 rings (SSSR count). The zero-order chi connectivity index (χ0) is 22.7. The first-order chi connectivity index (χ1) is 15.6. The Kier molecular flexibility index (Phi) is 6.19. The van der Waals surface area contributed by atoms with Gasteiger partial charge in [-0.2, -0.15) is 5.10 Å². The van der Waals surface area contributed by atoms with Gasteiger partial charge in [0.1, 0.15) is 0 Å². The third kappa shape index (κ3) is 3.95. The van der Waals surface area contributed by atoms with Crippen molar-refractivity contribution in [2.75, 3.05) is 0 Å². The Labute approximate surface area is 192 Å². The summed E-state index contributed by atoms with van der Waals surface area (Å²) in [6, 6.07) is 8.51. The number of hydrogen-bond donors (Lipinski definition) is 2. The van der Waals surface area contributed by atoms with Gasteiger partial charge in [-0.1, -0.05) is 49.6 Å². The average molecular weight is 439 g/mol. The lowest BCUT2D eigenvalue weighted by molar-refractivity contribution is 1.09. The fraction of sp³-hybridized carbons (Fsp3) is 0.111. The van der Waals surface area contributed by atoms with Crippen LogP contribution < -0.4 is 0 Å². The molecule has 32 heavy (non-hydrogen) atoms. The highest BCUT2D eigenvalue weighted by atomic mass is 32.1. The second kappa shape index (κ2) is 9.20. The second-order valence-corrected chi connectivity index (χ2v) is 8.44. The summed E-state index contributed by atoms with van der Waals surface area (Å²) in [5.74, 6) is 0. The number of pyridine rings is 1. The molecule has 0 aromatic carbocycles. The maximum Gasteiger partial charge on any atom is 0.181 e. The lowest BCUT2D eigenvalue weighted by Gasteiger charge is -2.07. The number of allylic oxidation sites excluding steroid dienone is 7. The number of aromatic nitrogens is 4. The van der Waals surface area contributed by atoms with Crippen molar-refractivity contribution < 1.29 is 0 Å². The number of thiophene rings is 1. The zero-order valence-corrected chi connectivity index (χ0v) is 19.4. The summed E-state index contributed by atoms with van der Waals surface area (Å²) in [6.45, 7) is 13.9. The van der Waals surface area contributed by atoms with E-state index >= 15 is 0 Å². The largest absolute Gasteiger partial charge is 0.357 e. The van der Waals surface area contributed by atoms with Crippen molar-refractivity contribution in [3.63, 3.8) is 0 Å². The van der Waals surface area contributed by atoms with Crippen LogP contribution in [0.25, 0.3) is 33.6 Å². The molecule has 160 valence electrons. The molecule has 0 aliphatic rings. The van der Waals surface area contributed by atoms with Gasteiger partial charge in [-0.15, -0.1) is 11.3 Å². The van der Waals surface area contributed by atoms with Crippen LogP contribution in [0.2, 0.25) is 0 Å². The summed E-state index contributed by atoms with van der Waals surface area (Å²) >= 11 is 1.72. The number of hydrogen-bond acceptors (Lipinski definition) is 3. The van der Waals surface area contributed by atoms with Crippen LogP contribution in [-0.2, 0) is 0 Å². The summed E-state index contributed by atoms with van der Waals surface area (Å²) in [5.41, 5.74) is 9.30. The Bertz CT molecular complexity index is 1370. The maximum absolute atomic E-state index is 4.60. The van der Waals surface area contributed by atoms with E-state index in [9.17, 15) is 0 Å². The van der Waals surface area contributed by atoms with Crippen molar-refractivity contribution in [2.24, 2.45) is 0 Å². The van der Waals surface area contributed by atoms with E-state index in [0.717, 1.165) is 50.3 Å². The first kappa shape index (κ1) is 21.5. The molecule has 0 amide bonds. The normalized spacial score (nSPS) is 13.0. The maximum atomic E-state index is 4.60. The monoisotopic (exact) mass is 438 g/mol. The molecule has 0 bridgehead atoms. The van der Waals surface area contributed by atoms with Crippen molar-refractivity contribution >= 4 is 33.5 Å². The van der Waals surface area contributed by atoms with E-state index in [1.807, 2.05) is 25.3 Å². The van der Waals surface area contributed by atoms with Gasteiger partial charge in [0.2, 0.25) is 0 Å². The first-order valence-corrected chi connectivity index (χ1v) is 11.3. The Morgan fingerprint density at radius 1 is 1.16 bits per heavy atom. The van der Waals surface area contributed by atoms with Crippen molar-refractivity contribution in [3.8, 4) is 11.4 Å². The Hall–Kier alpha value is -3.70. The molecule has 0 fully saturated rings.